The molecule has 92 valence electrons. The van der Waals surface area contributed by atoms with Gasteiger partial charge in [-0.05, 0) is 31.9 Å². The summed E-state index contributed by atoms with van der Waals surface area (Å²) in [7, 11) is -3.34. The summed E-state index contributed by atoms with van der Waals surface area (Å²) in [5.74, 6) is -0.0161. The standard InChI is InChI=1S/C9H18N4O2S/c1-8-9(7-12-13-8)3-2-4-11-5-6-16(10,14)15/h7,11H,2-6H2,1H3,(H,12,13)(H2,10,14,15). The van der Waals surface area contributed by atoms with E-state index >= 15 is 0 Å². The number of nitrogens with two attached hydrogens (primary N) is 1. The zero-order valence-electron chi connectivity index (χ0n) is 9.36. The minimum absolute atomic E-state index is 0.0161. The first-order valence-electron chi connectivity index (χ1n) is 5.19. The lowest BCUT2D eigenvalue weighted by atomic mass is 10.1. The summed E-state index contributed by atoms with van der Waals surface area (Å²) in [4.78, 5) is 0. The lowest BCUT2D eigenvalue weighted by Gasteiger charge is -2.03. The number of hydrogen-bond acceptors (Lipinski definition) is 4. The van der Waals surface area contributed by atoms with Crippen LogP contribution in [0.15, 0.2) is 6.20 Å². The van der Waals surface area contributed by atoms with E-state index in [1.54, 1.807) is 0 Å². The van der Waals surface area contributed by atoms with Gasteiger partial charge >= 0.3 is 0 Å². The molecule has 0 aliphatic carbocycles. The van der Waals surface area contributed by atoms with Crippen molar-refractivity contribution in [1.82, 2.24) is 15.5 Å². The molecule has 1 heterocycles. The Morgan fingerprint density at radius 2 is 2.25 bits per heavy atom. The molecule has 1 aromatic heterocycles. The van der Waals surface area contributed by atoms with Crippen LogP contribution in [0.25, 0.3) is 0 Å². The third-order valence-corrected chi connectivity index (χ3v) is 3.07. The molecule has 16 heavy (non-hydrogen) atoms. The van der Waals surface area contributed by atoms with Crippen molar-refractivity contribution in [3.8, 4) is 0 Å². The predicted octanol–water partition coefficient (Wildman–Crippen LogP) is -0.471. The molecule has 0 aliphatic heterocycles. The van der Waals surface area contributed by atoms with Crippen LogP contribution in [0.1, 0.15) is 17.7 Å². The molecule has 0 atom stereocenters. The number of aromatic amines is 1. The van der Waals surface area contributed by atoms with Crippen LogP contribution in [0.3, 0.4) is 0 Å². The van der Waals surface area contributed by atoms with Crippen LogP contribution in [0.5, 0.6) is 0 Å². The van der Waals surface area contributed by atoms with Gasteiger partial charge in [-0.1, -0.05) is 0 Å². The van der Waals surface area contributed by atoms with Crippen LogP contribution in [0, 0.1) is 6.92 Å². The number of nitrogens with zero attached hydrogens (tertiary/aromatic N) is 1. The Labute approximate surface area is 95.7 Å². The third kappa shape index (κ3) is 5.24. The van der Waals surface area contributed by atoms with Crippen molar-refractivity contribution in [2.24, 2.45) is 5.14 Å². The van der Waals surface area contributed by atoms with Crippen LogP contribution in [0.2, 0.25) is 0 Å². The number of rotatable bonds is 7. The van der Waals surface area contributed by atoms with Gasteiger partial charge in [0.15, 0.2) is 0 Å². The van der Waals surface area contributed by atoms with Gasteiger partial charge in [0, 0.05) is 12.2 Å². The summed E-state index contributed by atoms with van der Waals surface area (Å²) < 4.78 is 21.2. The first-order chi connectivity index (χ1) is 7.49. The van der Waals surface area contributed by atoms with Crippen LogP contribution in [0.4, 0.5) is 0 Å². The second-order valence-corrected chi connectivity index (χ2v) is 5.47. The molecule has 0 unspecified atom stereocenters. The molecule has 0 bridgehead atoms. The highest BCUT2D eigenvalue weighted by atomic mass is 32.2. The van der Waals surface area contributed by atoms with Crippen LogP contribution < -0.4 is 10.5 Å². The second-order valence-electron chi connectivity index (χ2n) is 3.74. The van der Waals surface area contributed by atoms with Crippen molar-refractivity contribution in [3.05, 3.63) is 17.5 Å². The van der Waals surface area contributed by atoms with Crippen molar-refractivity contribution in [2.45, 2.75) is 19.8 Å². The van der Waals surface area contributed by atoms with Crippen molar-refractivity contribution < 1.29 is 8.42 Å². The lowest BCUT2D eigenvalue weighted by Crippen LogP contribution is -2.27. The van der Waals surface area contributed by atoms with E-state index in [2.05, 4.69) is 15.5 Å². The van der Waals surface area contributed by atoms with E-state index in [1.165, 1.54) is 5.56 Å². The Hall–Kier alpha value is -0.920. The van der Waals surface area contributed by atoms with E-state index in [0.717, 1.165) is 25.1 Å². The van der Waals surface area contributed by atoms with Gasteiger partial charge in [-0.25, -0.2) is 13.6 Å². The smallest absolute Gasteiger partial charge is 0.210 e. The average molecular weight is 246 g/mol. The van der Waals surface area contributed by atoms with E-state index in [0.29, 0.717) is 6.54 Å². The van der Waals surface area contributed by atoms with Gasteiger partial charge in [-0.15, -0.1) is 0 Å². The molecule has 0 aromatic carbocycles. The molecule has 0 aliphatic rings. The Balaban J connectivity index is 2.07. The third-order valence-electron chi connectivity index (χ3n) is 2.30. The molecule has 6 nitrogen and oxygen atoms in total. The van der Waals surface area contributed by atoms with E-state index in [9.17, 15) is 8.42 Å². The van der Waals surface area contributed by atoms with Crippen LogP contribution in [-0.4, -0.2) is 37.5 Å². The number of aromatic nitrogens is 2. The molecule has 1 aromatic rings. The van der Waals surface area contributed by atoms with Gasteiger partial charge in [0.25, 0.3) is 0 Å². The first kappa shape index (κ1) is 13.1. The maximum absolute atomic E-state index is 10.6. The van der Waals surface area contributed by atoms with Gasteiger partial charge in [0.1, 0.15) is 0 Å². The SMILES string of the molecule is Cc1[nH]ncc1CCCNCCS(N)(=O)=O. The average Bonchev–Trinajstić information content (AvgIpc) is 2.56. The molecular formula is C9H18N4O2S. The van der Waals surface area contributed by atoms with E-state index in [1.807, 2.05) is 13.1 Å². The van der Waals surface area contributed by atoms with Crippen molar-refractivity contribution >= 4 is 10.0 Å². The first-order valence-corrected chi connectivity index (χ1v) is 6.90. The fraction of sp³-hybridized carbons (Fsp3) is 0.667. The van der Waals surface area contributed by atoms with E-state index in [4.69, 9.17) is 5.14 Å². The molecule has 0 amide bonds. The van der Waals surface area contributed by atoms with Gasteiger partial charge in [0.05, 0.1) is 11.9 Å². The molecule has 0 saturated carbocycles. The van der Waals surface area contributed by atoms with Crippen molar-refractivity contribution in [1.29, 1.82) is 0 Å². The molecule has 0 saturated heterocycles. The predicted molar refractivity (Wildman–Crippen MR) is 62.5 cm³/mol. The lowest BCUT2D eigenvalue weighted by molar-refractivity contribution is 0.590. The summed E-state index contributed by atoms with van der Waals surface area (Å²) in [6.45, 7) is 3.17. The normalized spacial score (nSPS) is 11.9. The highest BCUT2D eigenvalue weighted by molar-refractivity contribution is 7.89. The zero-order chi connectivity index (χ0) is 12.0. The minimum Gasteiger partial charge on any atom is -0.316 e. The molecule has 0 fully saturated rings. The highest BCUT2D eigenvalue weighted by Crippen LogP contribution is 2.04. The number of H-pyrrole nitrogens is 1. The number of hydrogen-bond donors (Lipinski definition) is 3. The van der Waals surface area contributed by atoms with Crippen LogP contribution >= 0.6 is 0 Å². The topological polar surface area (TPSA) is 101 Å². The fourth-order valence-corrected chi connectivity index (χ4v) is 1.80. The van der Waals surface area contributed by atoms with Gasteiger partial charge < -0.3 is 5.32 Å². The molecule has 1 rings (SSSR count). The number of primary sulfonamides is 1. The maximum atomic E-state index is 10.6. The zero-order valence-corrected chi connectivity index (χ0v) is 10.2. The number of sulfonamides is 1. The Morgan fingerprint density at radius 3 is 2.81 bits per heavy atom. The molecule has 4 N–H and O–H groups in total. The molecule has 0 spiro atoms. The minimum atomic E-state index is -3.34. The van der Waals surface area contributed by atoms with Gasteiger partial charge in [-0.3, -0.25) is 5.10 Å². The van der Waals surface area contributed by atoms with E-state index < -0.39 is 10.0 Å². The summed E-state index contributed by atoms with van der Waals surface area (Å²) in [5.41, 5.74) is 2.29. The summed E-state index contributed by atoms with van der Waals surface area (Å²) >= 11 is 0. The Bertz CT molecular complexity index is 413. The Kier molecular flexibility index (Phi) is 4.91. The summed E-state index contributed by atoms with van der Waals surface area (Å²) in [6.07, 6.45) is 3.70. The molecule has 7 heteroatoms. The number of aryl methyl sites for hydroxylation is 2. The quantitative estimate of drug-likeness (QED) is 0.566. The summed E-state index contributed by atoms with van der Waals surface area (Å²) in [6, 6.07) is 0. The van der Waals surface area contributed by atoms with Crippen LogP contribution in [-0.2, 0) is 16.4 Å². The van der Waals surface area contributed by atoms with Crippen molar-refractivity contribution in [2.75, 3.05) is 18.8 Å². The van der Waals surface area contributed by atoms with E-state index in [-0.39, 0.29) is 5.75 Å². The molecular weight excluding hydrogens is 228 g/mol. The number of nitrogens with one attached hydrogen (secondary N) is 2. The van der Waals surface area contributed by atoms with Gasteiger partial charge in [0.2, 0.25) is 10.0 Å². The maximum Gasteiger partial charge on any atom is 0.210 e. The Morgan fingerprint density at radius 1 is 1.50 bits per heavy atom. The fourth-order valence-electron chi connectivity index (χ4n) is 1.37. The largest absolute Gasteiger partial charge is 0.316 e. The van der Waals surface area contributed by atoms with Gasteiger partial charge in [-0.2, -0.15) is 5.10 Å². The molecule has 0 radical (unpaired) electrons. The monoisotopic (exact) mass is 246 g/mol. The second kappa shape index (κ2) is 5.97. The summed E-state index contributed by atoms with van der Waals surface area (Å²) in [5, 5.41) is 14.7. The highest BCUT2D eigenvalue weighted by Gasteiger charge is 2.02. The van der Waals surface area contributed by atoms with Crippen molar-refractivity contribution in [3.63, 3.8) is 0 Å².